The molecule has 7 nitrogen and oxygen atoms in total. The van der Waals surface area contributed by atoms with Gasteiger partial charge in [0, 0.05) is 12.1 Å². The number of amides is 1. The smallest absolute Gasteiger partial charge is 0.266 e. The van der Waals surface area contributed by atoms with Gasteiger partial charge in [-0.1, -0.05) is 11.6 Å². The quantitative estimate of drug-likeness (QED) is 0.270. The van der Waals surface area contributed by atoms with E-state index in [1.165, 1.54) is 39.5 Å². The summed E-state index contributed by atoms with van der Waals surface area (Å²) >= 11 is 8.22. The molecule has 0 aliphatic carbocycles. The van der Waals surface area contributed by atoms with Crippen LogP contribution in [0.25, 0.3) is 6.08 Å². The van der Waals surface area contributed by atoms with Gasteiger partial charge < -0.3 is 24.3 Å². The highest BCUT2D eigenvalue weighted by atomic mass is 127. The molecule has 0 aliphatic heterocycles. The highest BCUT2D eigenvalue weighted by molar-refractivity contribution is 14.1. The van der Waals surface area contributed by atoms with E-state index in [1.54, 1.807) is 12.1 Å². The second-order valence-electron chi connectivity index (χ2n) is 6.51. The zero-order chi connectivity index (χ0) is 23.1. The Bertz CT molecular complexity index is 1050. The molecule has 9 heteroatoms. The summed E-state index contributed by atoms with van der Waals surface area (Å²) in [4.78, 5) is 12.8. The lowest BCUT2D eigenvalue weighted by atomic mass is 10.1. The van der Waals surface area contributed by atoms with Crippen molar-refractivity contribution in [2.45, 2.75) is 20.0 Å². The number of benzene rings is 2. The lowest BCUT2D eigenvalue weighted by Gasteiger charge is -2.16. The summed E-state index contributed by atoms with van der Waals surface area (Å²) in [6.45, 7) is 3.84. The zero-order valence-electron chi connectivity index (χ0n) is 17.7. The molecule has 0 saturated heterocycles. The Hall–Kier alpha value is -2.64. The minimum Gasteiger partial charge on any atom is -0.495 e. The molecule has 2 rings (SSSR count). The van der Waals surface area contributed by atoms with Crippen molar-refractivity contribution in [1.82, 2.24) is 0 Å². The zero-order valence-corrected chi connectivity index (χ0v) is 20.6. The fraction of sp³-hybridized carbons (Fsp3) is 0.273. The largest absolute Gasteiger partial charge is 0.495 e. The monoisotopic (exact) mass is 556 g/mol. The van der Waals surface area contributed by atoms with E-state index in [0.29, 0.717) is 39.3 Å². The number of nitriles is 1. The molecule has 0 spiro atoms. The van der Waals surface area contributed by atoms with Crippen LogP contribution in [-0.2, 0) is 4.79 Å². The second kappa shape index (κ2) is 11.1. The molecule has 1 N–H and O–H groups in total. The van der Waals surface area contributed by atoms with E-state index < -0.39 is 5.91 Å². The van der Waals surface area contributed by atoms with E-state index in [1.807, 2.05) is 19.9 Å². The van der Waals surface area contributed by atoms with Crippen LogP contribution in [0.3, 0.4) is 0 Å². The van der Waals surface area contributed by atoms with Gasteiger partial charge in [0.05, 0.1) is 41.7 Å². The van der Waals surface area contributed by atoms with Crippen LogP contribution in [-0.4, -0.2) is 33.3 Å². The summed E-state index contributed by atoms with van der Waals surface area (Å²) in [7, 11) is 4.44. The molecule has 0 heterocycles. The van der Waals surface area contributed by atoms with Crippen molar-refractivity contribution < 1.29 is 23.7 Å². The number of carbonyl (C=O) groups is 1. The van der Waals surface area contributed by atoms with Gasteiger partial charge in [-0.3, -0.25) is 4.79 Å². The molecular formula is C22H22ClIN2O5. The Labute approximate surface area is 200 Å². The molecule has 164 valence electrons. The van der Waals surface area contributed by atoms with Gasteiger partial charge in [-0.25, -0.2) is 0 Å². The highest BCUT2D eigenvalue weighted by Gasteiger charge is 2.17. The Kier molecular flexibility index (Phi) is 8.83. The van der Waals surface area contributed by atoms with E-state index in [2.05, 4.69) is 27.9 Å². The molecular weight excluding hydrogens is 535 g/mol. The molecule has 0 aliphatic rings. The summed E-state index contributed by atoms with van der Waals surface area (Å²) in [5.74, 6) is 1.20. The molecule has 0 aromatic heterocycles. The summed E-state index contributed by atoms with van der Waals surface area (Å²) in [5, 5.41) is 12.6. The molecule has 0 atom stereocenters. The maximum absolute atomic E-state index is 12.8. The third-order valence-electron chi connectivity index (χ3n) is 4.00. The molecule has 1 amide bonds. The average Bonchev–Trinajstić information content (AvgIpc) is 2.73. The van der Waals surface area contributed by atoms with Gasteiger partial charge in [-0.15, -0.1) is 0 Å². The molecule has 2 aromatic carbocycles. The molecule has 0 saturated carbocycles. The third kappa shape index (κ3) is 6.18. The van der Waals surface area contributed by atoms with Crippen LogP contribution in [0.2, 0.25) is 5.02 Å². The first-order valence-electron chi connectivity index (χ1n) is 9.12. The highest BCUT2D eigenvalue weighted by Crippen LogP contribution is 2.37. The van der Waals surface area contributed by atoms with Crippen LogP contribution >= 0.6 is 34.2 Å². The first kappa shape index (κ1) is 24.6. The van der Waals surface area contributed by atoms with E-state index in [9.17, 15) is 10.1 Å². The number of hydrogen-bond donors (Lipinski definition) is 1. The van der Waals surface area contributed by atoms with Crippen molar-refractivity contribution in [2.24, 2.45) is 0 Å². The second-order valence-corrected chi connectivity index (χ2v) is 8.08. The van der Waals surface area contributed by atoms with Crippen molar-refractivity contribution in [3.8, 4) is 29.1 Å². The molecule has 0 radical (unpaired) electrons. The molecule has 0 fully saturated rings. The van der Waals surface area contributed by atoms with Gasteiger partial charge in [-0.2, -0.15) is 5.26 Å². The lowest BCUT2D eigenvalue weighted by Crippen LogP contribution is -2.14. The topological polar surface area (TPSA) is 89.8 Å². The summed E-state index contributed by atoms with van der Waals surface area (Å²) in [5.41, 5.74) is 0.832. The van der Waals surface area contributed by atoms with E-state index in [0.717, 1.165) is 3.57 Å². The first-order chi connectivity index (χ1) is 14.7. The molecule has 2 aromatic rings. The number of ether oxygens (including phenoxy) is 4. The number of methoxy groups -OCH3 is 3. The summed E-state index contributed by atoms with van der Waals surface area (Å²) < 4.78 is 22.5. The van der Waals surface area contributed by atoms with Crippen LogP contribution in [0.15, 0.2) is 29.8 Å². The number of hydrogen-bond acceptors (Lipinski definition) is 6. The van der Waals surface area contributed by atoms with Crippen molar-refractivity contribution in [3.63, 3.8) is 0 Å². The van der Waals surface area contributed by atoms with Crippen molar-refractivity contribution >= 4 is 51.9 Å². The number of rotatable bonds is 8. The predicted molar refractivity (Wildman–Crippen MR) is 128 cm³/mol. The number of anilines is 1. The van der Waals surface area contributed by atoms with Crippen molar-refractivity contribution in [3.05, 3.63) is 44.0 Å². The van der Waals surface area contributed by atoms with E-state index >= 15 is 0 Å². The SMILES string of the molecule is COc1cc(NC(=O)/C(C#N)=C/c2cc(I)c(OC(C)C)c(OC)c2)c(OC)cc1Cl. The summed E-state index contributed by atoms with van der Waals surface area (Å²) in [6.07, 6.45) is 1.44. The van der Waals surface area contributed by atoms with Gasteiger partial charge in [0.1, 0.15) is 23.1 Å². The van der Waals surface area contributed by atoms with Crippen LogP contribution in [0.1, 0.15) is 19.4 Å². The minimum atomic E-state index is -0.610. The van der Waals surface area contributed by atoms with E-state index in [-0.39, 0.29) is 11.7 Å². The van der Waals surface area contributed by atoms with Crippen molar-refractivity contribution in [1.29, 1.82) is 5.26 Å². The molecule has 0 bridgehead atoms. The van der Waals surface area contributed by atoms with Gasteiger partial charge in [0.15, 0.2) is 11.5 Å². The third-order valence-corrected chi connectivity index (χ3v) is 5.10. The molecule has 0 unspecified atom stereocenters. The van der Waals surface area contributed by atoms with Gasteiger partial charge in [0.25, 0.3) is 5.91 Å². The number of carbonyl (C=O) groups excluding carboxylic acids is 1. The van der Waals surface area contributed by atoms with Crippen LogP contribution in [0.5, 0.6) is 23.0 Å². The van der Waals surface area contributed by atoms with Crippen LogP contribution in [0, 0.1) is 14.9 Å². The van der Waals surface area contributed by atoms with Gasteiger partial charge in [0.2, 0.25) is 0 Å². The Morgan fingerprint density at radius 2 is 1.74 bits per heavy atom. The maximum Gasteiger partial charge on any atom is 0.266 e. The standard InChI is InChI=1S/C22H22ClIN2O5/c1-12(2)31-21-16(24)7-13(8-20(21)30-5)6-14(11-25)22(27)26-17-10-18(28-3)15(23)9-19(17)29-4/h6-10,12H,1-5H3,(H,26,27)/b14-6+. The van der Waals surface area contributed by atoms with E-state index in [4.69, 9.17) is 30.5 Å². The maximum atomic E-state index is 12.8. The fourth-order valence-electron chi connectivity index (χ4n) is 2.64. The fourth-order valence-corrected chi connectivity index (χ4v) is 3.62. The minimum absolute atomic E-state index is 0.0318. The van der Waals surface area contributed by atoms with Crippen molar-refractivity contribution in [2.75, 3.05) is 26.6 Å². The van der Waals surface area contributed by atoms with Crippen LogP contribution in [0.4, 0.5) is 5.69 Å². The van der Waals surface area contributed by atoms with Gasteiger partial charge >= 0.3 is 0 Å². The number of halogens is 2. The Morgan fingerprint density at radius 3 is 2.29 bits per heavy atom. The molecule has 31 heavy (non-hydrogen) atoms. The average molecular weight is 557 g/mol. The normalized spacial score (nSPS) is 11.0. The lowest BCUT2D eigenvalue weighted by molar-refractivity contribution is -0.112. The Morgan fingerprint density at radius 1 is 1.10 bits per heavy atom. The predicted octanol–water partition coefficient (Wildman–Crippen LogP) is 5.30. The van der Waals surface area contributed by atoms with Gasteiger partial charge in [-0.05, 0) is 60.2 Å². The summed E-state index contributed by atoms with van der Waals surface area (Å²) in [6, 6.07) is 8.48. The van der Waals surface area contributed by atoms with Crippen LogP contribution < -0.4 is 24.3 Å². The first-order valence-corrected chi connectivity index (χ1v) is 10.6. The number of nitrogens with one attached hydrogen (secondary N) is 1. The Balaban J connectivity index is 2.39. The number of nitrogens with zero attached hydrogens (tertiary/aromatic N) is 1.